The summed E-state index contributed by atoms with van der Waals surface area (Å²) in [6.45, 7) is 0. The van der Waals surface area contributed by atoms with Gasteiger partial charge in [-0.1, -0.05) is 0 Å². The summed E-state index contributed by atoms with van der Waals surface area (Å²) in [6, 6.07) is 11.9. The van der Waals surface area contributed by atoms with E-state index in [0.29, 0.717) is 63.5 Å². The van der Waals surface area contributed by atoms with E-state index in [1.807, 2.05) is 0 Å². The molecular formula is C29H32O10. The summed E-state index contributed by atoms with van der Waals surface area (Å²) < 4.78 is 50.8. The number of carbonyl (C=O) groups is 1. The van der Waals surface area contributed by atoms with Gasteiger partial charge in [0, 0.05) is 29.7 Å². The average molecular weight is 541 g/mol. The maximum absolute atomic E-state index is 13.4. The van der Waals surface area contributed by atoms with Crippen molar-refractivity contribution in [2.75, 3.05) is 49.8 Å². The van der Waals surface area contributed by atoms with E-state index < -0.39 is 18.2 Å². The molecule has 39 heavy (non-hydrogen) atoms. The minimum absolute atomic E-state index is 0.295. The summed E-state index contributed by atoms with van der Waals surface area (Å²) in [5.74, 6) is 3.33. The molecule has 4 rings (SSSR count). The molecule has 208 valence electrons. The van der Waals surface area contributed by atoms with Gasteiger partial charge in [-0.15, -0.1) is 0 Å². The Kier molecular flexibility index (Phi) is 8.43. The number of methoxy groups -OCH3 is 7. The van der Waals surface area contributed by atoms with E-state index in [1.54, 1.807) is 56.7 Å². The van der Waals surface area contributed by atoms with E-state index in [-0.39, 0.29) is 0 Å². The van der Waals surface area contributed by atoms with E-state index >= 15 is 0 Å². The second kappa shape index (κ2) is 11.9. The first-order valence-electron chi connectivity index (χ1n) is 12.1. The van der Waals surface area contributed by atoms with Gasteiger partial charge in [-0.3, -0.25) is 0 Å². The predicted octanol–water partition coefficient (Wildman–Crippen LogP) is 4.65. The summed E-state index contributed by atoms with van der Waals surface area (Å²) >= 11 is 0. The number of benzene rings is 3. The van der Waals surface area contributed by atoms with E-state index in [2.05, 4.69) is 0 Å². The van der Waals surface area contributed by atoms with Crippen molar-refractivity contribution in [1.29, 1.82) is 0 Å². The molecular weight excluding hydrogens is 508 g/mol. The van der Waals surface area contributed by atoms with Crippen molar-refractivity contribution in [3.8, 4) is 46.0 Å². The van der Waals surface area contributed by atoms with Crippen molar-refractivity contribution in [3.05, 3.63) is 59.2 Å². The summed E-state index contributed by atoms with van der Waals surface area (Å²) in [5, 5.41) is 0. The molecule has 1 aliphatic rings. The van der Waals surface area contributed by atoms with Crippen molar-refractivity contribution in [1.82, 2.24) is 0 Å². The fourth-order valence-electron chi connectivity index (χ4n) is 4.54. The Morgan fingerprint density at radius 3 is 1.90 bits per heavy atom. The lowest BCUT2D eigenvalue weighted by Gasteiger charge is -2.34. The largest absolute Gasteiger partial charge is 0.496 e. The molecule has 0 saturated heterocycles. The fraction of sp³-hybridized carbons (Fsp3) is 0.345. The molecule has 10 nitrogen and oxygen atoms in total. The van der Waals surface area contributed by atoms with Crippen LogP contribution in [0.4, 0.5) is 0 Å². The summed E-state index contributed by atoms with van der Waals surface area (Å²) in [7, 11) is 10.7. The van der Waals surface area contributed by atoms with Gasteiger partial charge in [0.15, 0.2) is 29.1 Å². The monoisotopic (exact) mass is 540 g/mol. The molecule has 2 unspecified atom stereocenters. The van der Waals surface area contributed by atoms with E-state index in [0.717, 1.165) is 5.56 Å². The number of ether oxygens (including phenoxy) is 9. The smallest absolute Gasteiger partial charge is 0.338 e. The van der Waals surface area contributed by atoms with Crippen molar-refractivity contribution in [2.45, 2.75) is 18.6 Å². The summed E-state index contributed by atoms with van der Waals surface area (Å²) in [5.41, 5.74) is 1.69. The minimum Gasteiger partial charge on any atom is -0.496 e. The lowest BCUT2D eigenvalue weighted by molar-refractivity contribution is -0.0189. The van der Waals surface area contributed by atoms with Crippen LogP contribution in [0.2, 0.25) is 0 Å². The predicted molar refractivity (Wildman–Crippen MR) is 141 cm³/mol. The van der Waals surface area contributed by atoms with Crippen LogP contribution in [0.3, 0.4) is 0 Å². The molecule has 0 radical (unpaired) electrons. The highest BCUT2D eigenvalue weighted by Gasteiger charge is 2.38. The van der Waals surface area contributed by atoms with Gasteiger partial charge in [0.25, 0.3) is 0 Å². The van der Waals surface area contributed by atoms with Crippen LogP contribution in [0.15, 0.2) is 42.5 Å². The number of rotatable bonds is 10. The molecule has 1 aliphatic heterocycles. The lowest BCUT2D eigenvalue weighted by atomic mass is 9.93. The van der Waals surface area contributed by atoms with Crippen molar-refractivity contribution in [2.24, 2.45) is 0 Å². The highest BCUT2D eigenvalue weighted by Crippen LogP contribution is 2.47. The Morgan fingerprint density at radius 2 is 1.33 bits per heavy atom. The van der Waals surface area contributed by atoms with Crippen LogP contribution in [0.25, 0.3) is 0 Å². The number of esters is 1. The fourth-order valence-corrected chi connectivity index (χ4v) is 4.54. The first-order valence-corrected chi connectivity index (χ1v) is 12.1. The van der Waals surface area contributed by atoms with Crippen LogP contribution in [0.5, 0.6) is 46.0 Å². The van der Waals surface area contributed by atoms with Crippen molar-refractivity contribution >= 4 is 5.97 Å². The Morgan fingerprint density at radius 1 is 0.692 bits per heavy atom. The Labute approximate surface area is 227 Å². The van der Waals surface area contributed by atoms with Crippen LogP contribution >= 0.6 is 0 Å². The Hall–Kier alpha value is -4.47. The van der Waals surface area contributed by atoms with Gasteiger partial charge >= 0.3 is 5.97 Å². The van der Waals surface area contributed by atoms with E-state index in [4.69, 9.17) is 42.6 Å². The molecule has 0 fully saturated rings. The third kappa shape index (κ3) is 5.41. The maximum Gasteiger partial charge on any atom is 0.338 e. The number of fused-ring (bicyclic) bond motifs is 1. The van der Waals surface area contributed by atoms with E-state index in [1.165, 1.54) is 35.5 Å². The standard InChI is InChI=1S/C29H32O10/c1-31-18-13-21(33-3)19-15-26(39-29(30)16-8-9-20(32-2)23(10-16)34-4)27(38-22(19)14-18)17-11-24(35-5)28(37-7)25(12-17)36-6/h8-14,26-27H,15H2,1-7H3. The molecule has 10 heteroatoms. The first-order chi connectivity index (χ1) is 18.9. The molecule has 0 bridgehead atoms. The van der Waals surface area contributed by atoms with E-state index in [9.17, 15) is 4.79 Å². The minimum atomic E-state index is -0.747. The summed E-state index contributed by atoms with van der Waals surface area (Å²) in [6.07, 6.45) is -1.17. The van der Waals surface area contributed by atoms with Gasteiger partial charge < -0.3 is 42.6 Å². The van der Waals surface area contributed by atoms with Gasteiger partial charge in [-0.05, 0) is 30.3 Å². The van der Waals surface area contributed by atoms with Crippen molar-refractivity contribution in [3.63, 3.8) is 0 Å². The highest BCUT2D eigenvalue weighted by atomic mass is 16.6. The third-order valence-electron chi connectivity index (χ3n) is 6.49. The van der Waals surface area contributed by atoms with Gasteiger partial charge in [0.1, 0.15) is 23.4 Å². The molecule has 1 heterocycles. The molecule has 0 amide bonds. The third-order valence-corrected chi connectivity index (χ3v) is 6.49. The topological polar surface area (TPSA) is 100 Å². The van der Waals surface area contributed by atoms with Gasteiger partial charge in [-0.2, -0.15) is 0 Å². The van der Waals surface area contributed by atoms with Crippen LogP contribution in [0.1, 0.15) is 27.6 Å². The van der Waals surface area contributed by atoms with Crippen LogP contribution in [-0.4, -0.2) is 61.8 Å². The zero-order chi connectivity index (χ0) is 28.1. The number of hydrogen-bond acceptors (Lipinski definition) is 10. The van der Waals surface area contributed by atoms with Gasteiger partial charge in [0.05, 0.1) is 55.3 Å². The van der Waals surface area contributed by atoms with Crippen LogP contribution in [-0.2, 0) is 11.2 Å². The second-order valence-corrected chi connectivity index (χ2v) is 8.52. The first kappa shape index (κ1) is 27.6. The SMILES string of the molecule is COc1cc(OC)c2c(c1)OC(c1cc(OC)c(OC)c(OC)c1)C(OC(=O)c1ccc(OC)c(OC)c1)C2. The molecule has 0 spiro atoms. The maximum atomic E-state index is 13.4. The lowest BCUT2D eigenvalue weighted by Crippen LogP contribution is -2.35. The number of carbonyl (C=O) groups excluding carboxylic acids is 1. The second-order valence-electron chi connectivity index (χ2n) is 8.52. The number of hydrogen-bond donors (Lipinski definition) is 0. The zero-order valence-electron chi connectivity index (χ0n) is 23.0. The molecule has 2 atom stereocenters. The highest BCUT2D eigenvalue weighted by molar-refractivity contribution is 5.90. The summed E-state index contributed by atoms with van der Waals surface area (Å²) in [4.78, 5) is 13.4. The van der Waals surface area contributed by atoms with Gasteiger partial charge in [-0.25, -0.2) is 4.79 Å². The van der Waals surface area contributed by atoms with Gasteiger partial charge in [0.2, 0.25) is 5.75 Å². The quantitative estimate of drug-likeness (QED) is 0.338. The zero-order valence-corrected chi connectivity index (χ0v) is 23.0. The molecule has 0 aliphatic carbocycles. The molecule has 0 aromatic heterocycles. The van der Waals surface area contributed by atoms with Crippen LogP contribution < -0.4 is 37.9 Å². The molecule has 0 N–H and O–H groups in total. The molecule has 0 saturated carbocycles. The van der Waals surface area contributed by atoms with Crippen LogP contribution in [0, 0.1) is 0 Å². The molecule has 3 aromatic carbocycles. The average Bonchev–Trinajstić information content (AvgIpc) is 2.98. The Balaban J connectivity index is 1.79. The Bertz CT molecular complexity index is 1310. The normalized spacial score (nSPS) is 15.8. The molecule has 3 aromatic rings. The van der Waals surface area contributed by atoms with Crippen molar-refractivity contribution < 1.29 is 47.4 Å².